The van der Waals surface area contributed by atoms with Gasteiger partial charge in [-0.05, 0) is 48.9 Å². The van der Waals surface area contributed by atoms with Gasteiger partial charge in [0, 0.05) is 11.1 Å². The summed E-state index contributed by atoms with van der Waals surface area (Å²) < 4.78 is 20.4. The molecule has 4 nitrogen and oxygen atoms in total. The molecule has 2 heterocycles. The van der Waals surface area contributed by atoms with Crippen molar-refractivity contribution in [2.75, 3.05) is 0 Å². The minimum absolute atomic E-state index is 0.0313. The first-order valence-corrected chi connectivity index (χ1v) is 8.13. The molecule has 1 aliphatic heterocycles. The van der Waals surface area contributed by atoms with Gasteiger partial charge < -0.3 is 10.5 Å². The first-order valence-electron chi connectivity index (χ1n) is 8.13. The van der Waals surface area contributed by atoms with Gasteiger partial charge in [-0.1, -0.05) is 26.0 Å². The smallest absolute Gasteiger partial charge is 0.267 e. The summed E-state index contributed by atoms with van der Waals surface area (Å²) in [5, 5.41) is 0. The largest absolute Gasteiger partial charge is 0.474 e. The number of aromatic nitrogens is 1. The topological polar surface area (TPSA) is 65.2 Å². The van der Waals surface area contributed by atoms with E-state index in [1.54, 1.807) is 12.1 Å². The van der Waals surface area contributed by atoms with Crippen LogP contribution < -0.4 is 10.5 Å². The Labute approximate surface area is 140 Å². The zero-order chi connectivity index (χ0) is 17.4. The van der Waals surface area contributed by atoms with Crippen molar-refractivity contribution in [3.8, 4) is 17.0 Å². The maximum atomic E-state index is 14.5. The van der Waals surface area contributed by atoms with Crippen LogP contribution in [0.3, 0.4) is 0 Å². The molecule has 1 aromatic heterocycles. The summed E-state index contributed by atoms with van der Waals surface area (Å²) in [6.45, 7) is 5.99. The van der Waals surface area contributed by atoms with Gasteiger partial charge in [-0.15, -0.1) is 0 Å². The van der Waals surface area contributed by atoms with Gasteiger partial charge in [0.25, 0.3) is 5.91 Å². The molecule has 2 aromatic rings. The second kappa shape index (κ2) is 6.23. The highest BCUT2D eigenvalue weighted by atomic mass is 19.1. The molecule has 0 unspecified atom stereocenters. The van der Waals surface area contributed by atoms with Crippen molar-refractivity contribution in [1.29, 1.82) is 0 Å². The van der Waals surface area contributed by atoms with Gasteiger partial charge in [-0.25, -0.2) is 9.37 Å². The van der Waals surface area contributed by atoms with E-state index in [4.69, 9.17) is 10.5 Å². The number of fused-ring (bicyclic) bond motifs is 1. The molecule has 0 saturated heterocycles. The van der Waals surface area contributed by atoms with Crippen molar-refractivity contribution in [1.82, 2.24) is 4.98 Å². The highest BCUT2D eigenvalue weighted by Gasteiger charge is 2.28. The number of hydrogen-bond acceptors (Lipinski definition) is 3. The number of amides is 1. The summed E-state index contributed by atoms with van der Waals surface area (Å²) in [5.74, 6) is -0.255. The van der Waals surface area contributed by atoms with Crippen LogP contribution in [0.1, 0.15) is 41.9 Å². The van der Waals surface area contributed by atoms with Crippen molar-refractivity contribution in [2.45, 2.75) is 39.7 Å². The number of primary amides is 1. The number of carbonyl (C=O) groups excluding carboxylic acids is 1. The van der Waals surface area contributed by atoms with Crippen molar-refractivity contribution >= 4 is 5.91 Å². The number of rotatable bonds is 3. The van der Waals surface area contributed by atoms with E-state index in [1.807, 2.05) is 13.0 Å². The lowest BCUT2D eigenvalue weighted by atomic mass is 9.91. The lowest BCUT2D eigenvalue weighted by Gasteiger charge is -2.29. The number of halogens is 1. The minimum Gasteiger partial charge on any atom is -0.474 e. The first-order chi connectivity index (χ1) is 11.4. The monoisotopic (exact) mass is 328 g/mol. The summed E-state index contributed by atoms with van der Waals surface area (Å²) in [5.41, 5.74) is 8.23. The number of ether oxygens (including phenoxy) is 1. The van der Waals surface area contributed by atoms with Gasteiger partial charge in [0.05, 0.1) is 0 Å². The predicted molar refractivity (Wildman–Crippen MR) is 90.5 cm³/mol. The molecular formula is C19H21FN2O2. The van der Waals surface area contributed by atoms with Crippen LogP contribution in [0.25, 0.3) is 11.1 Å². The second-order valence-corrected chi connectivity index (χ2v) is 6.63. The Morgan fingerprint density at radius 3 is 2.71 bits per heavy atom. The van der Waals surface area contributed by atoms with E-state index < -0.39 is 5.91 Å². The number of benzene rings is 1. The molecule has 24 heavy (non-hydrogen) atoms. The van der Waals surface area contributed by atoms with Crippen LogP contribution in [0.5, 0.6) is 5.88 Å². The summed E-state index contributed by atoms with van der Waals surface area (Å²) in [6, 6.07) is 6.61. The average molecular weight is 328 g/mol. The number of carbonyl (C=O) groups is 1. The summed E-state index contributed by atoms with van der Waals surface area (Å²) >= 11 is 0. The summed E-state index contributed by atoms with van der Waals surface area (Å²) in [7, 11) is 0. The molecule has 0 spiro atoms. The number of nitrogens with zero attached hydrogens (tertiary/aromatic N) is 1. The Morgan fingerprint density at radius 1 is 1.33 bits per heavy atom. The third-order valence-corrected chi connectivity index (χ3v) is 4.44. The summed E-state index contributed by atoms with van der Waals surface area (Å²) in [4.78, 5) is 15.9. The van der Waals surface area contributed by atoms with Gasteiger partial charge >= 0.3 is 0 Å². The molecular weight excluding hydrogens is 307 g/mol. The highest BCUT2D eigenvalue weighted by Crippen LogP contribution is 2.37. The molecule has 0 saturated carbocycles. The number of hydrogen-bond donors (Lipinski definition) is 1. The van der Waals surface area contributed by atoms with Crippen molar-refractivity contribution in [2.24, 2.45) is 11.7 Å². The molecule has 5 heteroatoms. The van der Waals surface area contributed by atoms with E-state index in [9.17, 15) is 9.18 Å². The summed E-state index contributed by atoms with van der Waals surface area (Å²) in [6.07, 6.45) is 1.60. The van der Waals surface area contributed by atoms with Crippen LogP contribution in [0, 0.1) is 18.7 Å². The molecule has 0 aliphatic carbocycles. The standard InChI is InChI=1S/C19H21FN2O2/c1-10(2)17-7-6-13-14(12-5-4-11(3)8-15(12)20)9-16(18(21)23)22-19(13)24-17/h4-5,8-10,17H,6-7H2,1-3H3,(H2,21,23)/t17-/m0/s1. The lowest BCUT2D eigenvalue weighted by molar-refractivity contribution is 0.0985. The van der Waals surface area contributed by atoms with Crippen molar-refractivity contribution in [3.63, 3.8) is 0 Å². The van der Waals surface area contributed by atoms with Crippen molar-refractivity contribution < 1.29 is 13.9 Å². The van der Waals surface area contributed by atoms with Crippen molar-refractivity contribution in [3.05, 3.63) is 46.9 Å². The molecule has 0 radical (unpaired) electrons. The van der Waals surface area contributed by atoms with Crippen LogP contribution in [-0.2, 0) is 6.42 Å². The normalized spacial score (nSPS) is 16.6. The molecule has 1 aliphatic rings. The Kier molecular flexibility index (Phi) is 4.26. The van der Waals surface area contributed by atoms with Crippen LogP contribution in [0.15, 0.2) is 24.3 Å². The van der Waals surface area contributed by atoms with Crippen LogP contribution in [0.2, 0.25) is 0 Å². The molecule has 1 amide bonds. The van der Waals surface area contributed by atoms with Gasteiger partial charge in [-0.2, -0.15) is 0 Å². The Bertz CT molecular complexity index is 802. The van der Waals surface area contributed by atoms with Crippen LogP contribution >= 0.6 is 0 Å². The molecule has 126 valence electrons. The third kappa shape index (κ3) is 2.98. The SMILES string of the molecule is Cc1ccc(-c2cc(C(N)=O)nc3c2CC[C@@H](C(C)C)O3)c(F)c1. The Hall–Kier alpha value is -2.43. The Morgan fingerprint density at radius 2 is 2.08 bits per heavy atom. The number of aryl methyl sites for hydroxylation is 1. The highest BCUT2D eigenvalue weighted by molar-refractivity contribution is 5.93. The van der Waals surface area contributed by atoms with E-state index in [0.717, 1.165) is 24.0 Å². The maximum Gasteiger partial charge on any atom is 0.267 e. The van der Waals surface area contributed by atoms with E-state index in [2.05, 4.69) is 18.8 Å². The van der Waals surface area contributed by atoms with Gasteiger partial charge in [0.15, 0.2) is 0 Å². The molecule has 1 aromatic carbocycles. The van der Waals surface area contributed by atoms with Crippen LogP contribution in [-0.4, -0.2) is 17.0 Å². The van der Waals surface area contributed by atoms with Crippen LogP contribution in [0.4, 0.5) is 4.39 Å². The number of pyridine rings is 1. The molecule has 2 N–H and O–H groups in total. The molecule has 3 rings (SSSR count). The maximum absolute atomic E-state index is 14.5. The fourth-order valence-electron chi connectivity index (χ4n) is 3.05. The Balaban J connectivity index is 2.17. The van der Waals surface area contributed by atoms with Gasteiger partial charge in [0.2, 0.25) is 5.88 Å². The quantitative estimate of drug-likeness (QED) is 0.935. The second-order valence-electron chi connectivity index (χ2n) is 6.63. The third-order valence-electron chi connectivity index (χ3n) is 4.44. The zero-order valence-electron chi connectivity index (χ0n) is 14.1. The zero-order valence-corrected chi connectivity index (χ0v) is 14.1. The molecule has 1 atom stereocenters. The first kappa shape index (κ1) is 16.4. The molecule has 0 fully saturated rings. The fraction of sp³-hybridized carbons (Fsp3) is 0.368. The predicted octanol–water partition coefficient (Wildman–Crippen LogP) is 3.64. The van der Waals surface area contributed by atoms with E-state index in [0.29, 0.717) is 22.9 Å². The van der Waals surface area contributed by atoms with Gasteiger partial charge in [-0.3, -0.25) is 4.79 Å². The minimum atomic E-state index is -0.651. The van der Waals surface area contributed by atoms with E-state index in [1.165, 1.54) is 6.07 Å². The number of nitrogens with two attached hydrogens (primary N) is 1. The van der Waals surface area contributed by atoms with E-state index >= 15 is 0 Å². The van der Waals surface area contributed by atoms with E-state index in [-0.39, 0.29) is 17.6 Å². The van der Waals surface area contributed by atoms with Gasteiger partial charge in [0.1, 0.15) is 17.6 Å². The lowest BCUT2D eigenvalue weighted by Crippen LogP contribution is -2.29. The molecule has 0 bridgehead atoms. The fourth-order valence-corrected chi connectivity index (χ4v) is 3.05. The average Bonchev–Trinajstić information content (AvgIpc) is 2.53.